The summed E-state index contributed by atoms with van der Waals surface area (Å²) in [6, 6.07) is 30.2. The molecule has 0 saturated heterocycles. The molecule has 1 saturated carbocycles. The summed E-state index contributed by atoms with van der Waals surface area (Å²) in [7, 11) is 0. The normalized spacial score (nSPS) is 13.0. The average molecular weight is 761 g/mol. The topological polar surface area (TPSA) is 159 Å². The first-order chi connectivity index (χ1) is 26.4. The zero-order chi connectivity index (χ0) is 39.0. The van der Waals surface area contributed by atoms with Gasteiger partial charge in [0, 0.05) is 35.1 Å². The minimum atomic E-state index is -0.756. The van der Waals surface area contributed by atoms with Gasteiger partial charge in [0.25, 0.3) is 5.91 Å². The quantitative estimate of drug-likeness (QED) is 0.0689. The number of carbonyl (C=O) groups excluding carboxylic acids is 3. The molecule has 284 valence electrons. The highest BCUT2D eigenvalue weighted by Crippen LogP contribution is 2.48. The molecule has 0 unspecified atom stereocenters. The molecule has 4 aromatic carbocycles. The van der Waals surface area contributed by atoms with Crippen LogP contribution >= 0.6 is 11.6 Å². The van der Waals surface area contributed by atoms with Gasteiger partial charge in [-0.3, -0.25) is 14.4 Å². The van der Waals surface area contributed by atoms with Gasteiger partial charge in [-0.2, -0.15) is 15.0 Å². The van der Waals surface area contributed by atoms with Gasteiger partial charge in [-0.05, 0) is 96.8 Å². The Bertz CT molecular complexity index is 2120. The largest absolute Gasteiger partial charge is 0.458 e. The molecule has 3 amide bonds. The predicted molar refractivity (Wildman–Crippen MR) is 215 cm³/mol. The number of carbonyl (C=O) groups is 3. The van der Waals surface area contributed by atoms with Crippen molar-refractivity contribution in [3.63, 3.8) is 0 Å². The van der Waals surface area contributed by atoms with E-state index >= 15 is 0 Å². The fraction of sp³-hybridized carbons (Fsp3) is 0.286. The number of halogens is 1. The molecule has 0 spiro atoms. The van der Waals surface area contributed by atoms with E-state index in [2.05, 4.69) is 60.6 Å². The lowest BCUT2D eigenvalue weighted by Gasteiger charge is -2.25. The maximum absolute atomic E-state index is 13.1. The van der Waals surface area contributed by atoms with E-state index in [0.717, 1.165) is 36.0 Å². The number of amides is 3. The second-order valence-corrected chi connectivity index (χ2v) is 14.9. The van der Waals surface area contributed by atoms with E-state index in [1.165, 1.54) is 5.56 Å². The number of anilines is 4. The molecule has 1 aliphatic rings. The minimum absolute atomic E-state index is 0.160. The number of aryl methyl sites for hydroxylation is 2. The Balaban J connectivity index is 1.06. The summed E-state index contributed by atoms with van der Waals surface area (Å²) in [4.78, 5) is 51.7. The monoisotopic (exact) mass is 760 g/mol. The fourth-order valence-corrected chi connectivity index (χ4v) is 5.81. The maximum atomic E-state index is 13.1. The molecular weight excluding hydrogens is 716 g/mol. The van der Waals surface area contributed by atoms with Crippen LogP contribution in [0.25, 0.3) is 0 Å². The van der Waals surface area contributed by atoms with Crippen molar-refractivity contribution in [1.29, 1.82) is 0 Å². The van der Waals surface area contributed by atoms with Gasteiger partial charge in [-0.25, -0.2) is 0 Å². The molecule has 13 heteroatoms. The van der Waals surface area contributed by atoms with Crippen molar-refractivity contribution in [3.05, 3.63) is 130 Å². The van der Waals surface area contributed by atoms with Crippen molar-refractivity contribution in [3.8, 4) is 6.01 Å². The minimum Gasteiger partial charge on any atom is -0.458 e. The smallest absolute Gasteiger partial charge is 0.323 e. The van der Waals surface area contributed by atoms with Gasteiger partial charge in [-0.1, -0.05) is 86.5 Å². The van der Waals surface area contributed by atoms with Gasteiger partial charge < -0.3 is 31.3 Å². The Labute approximate surface area is 325 Å². The van der Waals surface area contributed by atoms with Crippen LogP contribution in [-0.2, 0) is 28.2 Å². The van der Waals surface area contributed by atoms with Crippen LogP contribution in [0.2, 0.25) is 5.02 Å². The Morgan fingerprint density at radius 3 is 2.02 bits per heavy atom. The van der Waals surface area contributed by atoms with Gasteiger partial charge in [0.1, 0.15) is 6.61 Å². The number of nitrogens with one attached hydrogen (secondary N) is 5. The zero-order valence-corrected chi connectivity index (χ0v) is 32.1. The van der Waals surface area contributed by atoms with Crippen molar-refractivity contribution in [2.75, 3.05) is 29.0 Å². The van der Waals surface area contributed by atoms with Crippen molar-refractivity contribution in [2.24, 2.45) is 5.41 Å². The highest BCUT2D eigenvalue weighted by atomic mass is 35.5. The van der Waals surface area contributed by atoms with Gasteiger partial charge in [0.05, 0.1) is 5.54 Å². The molecule has 5 aromatic rings. The summed E-state index contributed by atoms with van der Waals surface area (Å²) in [6.45, 7) is 8.54. The van der Waals surface area contributed by atoms with E-state index in [4.69, 9.17) is 16.3 Å². The first kappa shape index (κ1) is 38.7. The molecule has 12 nitrogen and oxygen atoms in total. The van der Waals surface area contributed by atoms with Gasteiger partial charge >= 0.3 is 17.8 Å². The lowest BCUT2D eigenvalue weighted by Crippen LogP contribution is -2.44. The van der Waals surface area contributed by atoms with Gasteiger partial charge in [-0.15, -0.1) is 0 Å². The highest BCUT2D eigenvalue weighted by molar-refractivity contribution is 6.39. The SMILES string of the molecule is CCc1ccc(COc2nc(Nc3ccc(C(=O)NCC(C)(C)CNC(=O)C(=O)Nc4ccc(C)cc4)cc3)nc(NC3(c4ccc(Cl)cc4)CC3)n2)cc1. The summed E-state index contributed by atoms with van der Waals surface area (Å²) in [5, 5.41) is 15.6. The predicted octanol–water partition coefficient (Wildman–Crippen LogP) is 7.33. The van der Waals surface area contributed by atoms with Crippen LogP contribution < -0.4 is 31.3 Å². The molecule has 0 atom stereocenters. The fourth-order valence-electron chi connectivity index (χ4n) is 5.69. The maximum Gasteiger partial charge on any atom is 0.323 e. The summed E-state index contributed by atoms with van der Waals surface area (Å²) in [5.74, 6) is -1.15. The van der Waals surface area contributed by atoms with Crippen molar-refractivity contribution < 1.29 is 19.1 Å². The summed E-state index contributed by atoms with van der Waals surface area (Å²) in [5.41, 5.74) is 5.15. The molecule has 55 heavy (non-hydrogen) atoms. The van der Waals surface area contributed by atoms with E-state index in [0.29, 0.717) is 27.9 Å². The van der Waals surface area contributed by atoms with E-state index < -0.39 is 17.2 Å². The molecule has 5 N–H and O–H groups in total. The summed E-state index contributed by atoms with van der Waals surface area (Å²) < 4.78 is 6.06. The lowest BCUT2D eigenvalue weighted by atomic mass is 9.93. The first-order valence-electron chi connectivity index (χ1n) is 18.2. The second-order valence-electron chi connectivity index (χ2n) is 14.5. The molecule has 0 bridgehead atoms. The van der Waals surface area contributed by atoms with Gasteiger partial charge in [0.15, 0.2) is 0 Å². The molecule has 1 fully saturated rings. The van der Waals surface area contributed by atoms with Crippen molar-refractivity contribution in [2.45, 2.75) is 59.1 Å². The van der Waals surface area contributed by atoms with Crippen LogP contribution in [0.1, 0.15) is 66.2 Å². The third kappa shape index (κ3) is 10.8. The Kier molecular flexibility index (Phi) is 12.0. The molecule has 0 aliphatic heterocycles. The van der Waals surface area contributed by atoms with Gasteiger partial charge in [0.2, 0.25) is 11.9 Å². The number of hydrogen-bond acceptors (Lipinski definition) is 9. The van der Waals surface area contributed by atoms with E-state index in [1.807, 2.05) is 69.3 Å². The molecule has 0 radical (unpaired) electrons. The zero-order valence-electron chi connectivity index (χ0n) is 31.3. The Hall–Kier alpha value is -6.01. The summed E-state index contributed by atoms with van der Waals surface area (Å²) in [6.07, 6.45) is 2.77. The van der Waals surface area contributed by atoms with E-state index in [-0.39, 0.29) is 43.1 Å². The third-order valence-electron chi connectivity index (χ3n) is 9.29. The third-order valence-corrected chi connectivity index (χ3v) is 9.54. The van der Waals surface area contributed by atoms with Crippen LogP contribution in [-0.4, -0.2) is 45.8 Å². The van der Waals surface area contributed by atoms with Crippen LogP contribution in [0.4, 0.5) is 23.3 Å². The van der Waals surface area contributed by atoms with Crippen LogP contribution in [0.15, 0.2) is 97.1 Å². The first-order valence-corrected chi connectivity index (χ1v) is 18.6. The highest BCUT2D eigenvalue weighted by Gasteiger charge is 2.45. The lowest BCUT2D eigenvalue weighted by molar-refractivity contribution is -0.136. The van der Waals surface area contributed by atoms with Crippen LogP contribution in [0.5, 0.6) is 6.01 Å². The molecule has 1 heterocycles. The number of rotatable bonds is 15. The molecule has 6 rings (SSSR count). The Morgan fingerprint density at radius 1 is 0.745 bits per heavy atom. The molecule has 1 aromatic heterocycles. The van der Waals surface area contributed by atoms with E-state index in [1.54, 1.807) is 36.4 Å². The Morgan fingerprint density at radius 2 is 1.36 bits per heavy atom. The average Bonchev–Trinajstić information content (AvgIpc) is 3.97. The standard InChI is InChI=1S/C42H45ClN8O4/c1-5-28-8-10-29(11-9-28)24-55-40-49-38(48-39(50-40)51-42(22-23-42)31-14-16-32(43)17-15-31)47-34-20-12-30(13-21-34)35(52)44-25-41(3,4)26-45-36(53)37(54)46-33-18-6-27(2)7-19-33/h6-21H,5,22-26H2,1-4H3,(H,44,52)(H,45,53)(H,46,54)(H2,47,48,49,50,51). The number of hydrogen-bond donors (Lipinski definition) is 5. The number of nitrogens with zero attached hydrogens (tertiary/aromatic N) is 3. The molecule has 1 aliphatic carbocycles. The number of benzene rings is 4. The molecular formula is C42H45ClN8O4. The van der Waals surface area contributed by atoms with Crippen LogP contribution in [0, 0.1) is 12.3 Å². The number of ether oxygens (including phenoxy) is 1. The number of aromatic nitrogens is 3. The van der Waals surface area contributed by atoms with Crippen molar-refractivity contribution in [1.82, 2.24) is 25.6 Å². The van der Waals surface area contributed by atoms with E-state index in [9.17, 15) is 14.4 Å². The van der Waals surface area contributed by atoms with Crippen molar-refractivity contribution >= 4 is 52.6 Å². The second kappa shape index (κ2) is 17.0. The summed E-state index contributed by atoms with van der Waals surface area (Å²) >= 11 is 6.15. The van der Waals surface area contributed by atoms with Crippen LogP contribution in [0.3, 0.4) is 0 Å².